The number of hydrogen-bond donors (Lipinski definition) is 2. The van der Waals surface area contributed by atoms with Gasteiger partial charge >= 0.3 is 0 Å². The van der Waals surface area contributed by atoms with Gasteiger partial charge in [-0.3, -0.25) is 9.48 Å². The van der Waals surface area contributed by atoms with Gasteiger partial charge in [-0.15, -0.1) is 0 Å². The summed E-state index contributed by atoms with van der Waals surface area (Å²) in [6.07, 6.45) is 2.63. The third-order valence-electron chi connectivity index (χ3n) is 4.92. The number of nitrogens with one attached hydrogen (secondary N) is 2. The van der Waals surface area contributed by atoms with Crippen LogP contribution in [0, 0.1) is 0 Å². The maximum absolute atomic E-state index is 13.1. The van der Waals surface area contributed by atoms with Crippen molar-refractivity contribution in [2.75, 3.05) is 18.4 Å². The number of benzene rings is 2. The Bertz CT molecular complexity index is 879. The van der Waals surface area contributed by atoms with Crippen molar-refractivity contribution in [3.8, 4) is 0 Å². The normalized spacial score (nSPS) is 20.4. The average molecular weight is 320 g/mol. The van der Waals surface area contributed by atoms with E-state index in [1.54, 1.807) is 0 Å². The Hall–Kier alpha value is -2.66. The number of aryl methyl sites for hydroxylation is 1. The maximum atomic E-state index is 13.1. The summed E-state index contributed by atoms with van der Waals surface area (Å²) >= 11 is 0. The first-order valence-electron chi connectivity index (χ1n) is 8.18. The van der Waals surface area contributed by atoms with Crippen molar-refractivity contribution in [1.82, 2.24) is 15.1 Å². The predicted octanol–water partition coefficient (Wildman–Crippen LogP) is 2.44. The molecular formula is C19H20N4O. The van der Waals surface area contributed by atoms with Gasteiger partial charge in [0.1, 0.15) is 0 Å². The number of nitrogens with zero attached hydrogens (tertiary/aromatic N) is 2. The van der Waals surface area contributed by atoms with Crippen LogP contribution in [0.3, 0.4) is 0 Å². The predicted molar refractivity (Wildman–Crippen MR) is 95.0 cm³/mol. The van der Waals surface area contributed by atoms with Crippen molar-refractivity contribution >= 4 is 22.5 Å². The van der Waals surface area contributed by atoms with Crippen molar-refractivity contribution in [2.24, 2.45) is 7.05 Å². The highest BCUT2D eigenvalue weighted by molar-refractivity contribution is 6.01. The topological polar surface area (TPSA) is 59.0 Å². The van der Waals surface area contributed by atoms with Gasteiger partial charge in [0.25, 0.3) is 0 Å². The van der Waals surface area contributed by atoms with Gasteiger partial charge in [-0.1, -0.05) is 30.3 Å². The number of anilines is 1. The summed E-state index contributed by atoms with van der Waals surface area (Å²) in [4.78, 5) is 13.1. The molecule has 1 atom stereocenters. The summed E-state index contributed by atoms with van der Waals surface area (Å²) in [6, 6.07) is 15.9. The van der Waals surface area contributed by atoms with Gasteiger partial charge in [0.2, 0.25) is 5.91 Å². The second-order valence-electron chi connectivity index (χ2n) is 6.37. The number of carbonyl (C=O) groups is 1. The fraction of sp³-hybridized carbons (Fsp3) is 0.263. The molecule has 2 aromatic carbocycles. The number of carbonyl (C=O) groups excluding carboxylic acids is 1. The highest BCUT2D eigenvalue weighted by Crippen LogP contribution is 2.32. The smallest absolute Gasteiger partial charge is 0.236 e. The monoisotopic (exact) mass is 320 g/mol. The molecule has 0 radical (unpaired) electrons. The van der Waals surface area contributed by atoms with Gasteiger partial charge in [-0.25, -0.2) is 0 Å². The molecule has 0 spiro atoms. The summed E-state index contributed by atoms with van der Waals surface area (Å²) < 4.78 is 1.81. The molecule has 3 aromatic rings. The van der Waals surface area contributed by atoms with E-state index in [-0.39, 0.29) is 5.91 Å². The highest BCUT2D eigenvalue weighted by Gasteiger charge is 2.42. The number of rotatable bonds is 3. The molecule has 2 N–H and O–H groups in total. The number of aromatic nitrogens is 2. The van der Waals surface area contributed by atoms with Gasteiger partial charge in [0, 0.05) is 24.7 Å². The summed E-state index contributed by atoms with van der Waals surface area (Å²) in [7, 11) is 1.90. The SMILES string of the molecule is Cn1ncc2ccc(NC(=O)C3(c4ccccc4)CCNC3)cc21. The first-order valence-corrected chi connectivity index (χ1v) is 8.18. The molecule has 1 saturated heterocycles. The summed E-state index contributed by atoms with van der Waals surface area (Å²) in [5, 5.41) is 11.8. The van der Waals surface area contributed by atoms with Gasteiger partial charge in [0.15, 0.2) is 0 Å². The zero-order chi connectivity index (χ0) is 16.6. The highest BCUT2D eigenvalue weighted by atomic mass is 16.2. The van der Waals surface area contributed by atoms with Gasteiger partial charge in [0.05, 0.1) is 17.1 Å². The molecule has 2 heterocycles. The van der Waals surface area contributed by atoms with Crippen molar-refractivity contribution in [3.05, 3.63) is 60.3 Å². The first kappa shape index (κ1) is 14.9. The zero-order valence-corrected chi connectivity index (χ0v) is 13.6. The van der Waals surface area contributed by atoms with Crippen LogP contribution >= 0.6 is 0 Å². The first-order chi connectivity index (χ1) is 11.7. The van der Waals surface area contributed by atoms with E-state index in [1.165, 1.54) is 0 Å². The Balaban J connectivity index is 1.67. The van der Waals surface area contributed by atoms with Crippen LogP contribution in [0.2, 0.25) is 0 Å². The van der Waals surface area contributed by atoms with Crippen LogP contribution in [0.5, 0.6) is 0 Å². The van der Waals surface area contributed by atoms with Crippen LogP contribution in [0.15, 0.2) is 54.7 Å². The quantitative estimate of drug-likeness (QED) is 0.779. The lowest BCUT2D eigenvalue weighted by atomic mass is 9.78. The summed E-state index contributed by atoms with van der Waals surface area (Å²) in [6.45, 7) is 1.51. The summed E-state index contributed by atoms with van der Waals surface area (Å²) in [5.74, 6) is 0.0419. The Labute approximate surface area is 140 Å². The molecule has 1 aliphatic rings. The third-order valence-corrected chi connectivity index (χ3v) is 4.92. The molecular weight excluding hydrogens is 300 g/mol. The fourth-order valence-electron chi connectivity index (χ4n) is 3.49. The number of hydrogen-bond acceptors (Lipinski definition) is 3. The van der Waals surface area contributed by atoms with E-state index in [1.807, 2.05) is 66.5 Å². The van der Waals surface area contributed by atoms with E-state index < -0.39 is 5.41 Å². The Morgan fingerprint density at radius 3 is 2.83 bits per heavy atom. The van der Waals surface area contributed by atoms with Crippen molar-refractivity contribution in [1.29, 1.82) is 0 Å². The molecule has 1 unspecified atom stereocenters. The summed E-state index contributed by atoms with van der Waals surface area (Å²) in [5.41, 5.74) is 2.36. The molecule has 1 amide bonds. The molecule has 1 aliphatic heterocycles. The van der Waals surface area contributed by atoms with Crippen LogP contribution in [0.1, 0.15) is 12.0 Å². The van der Waals surface area contributed by atoms with E-state index in [0.717, 1.165) is 35.1 Å². The molecule has 1 aromatic heterocycles. The van der Waals surface area contributed by atoms with Crippen LogP contribution < -0.4 is 10.6 Å². The lowest BCUT2D eigenvalue weighted by molar-refractivity contribution is -0.121. The largest absolute Gasteiger partial charge is 0.325 e. The molecule has 0 saturated carbocycles. The van der Waals surface area contributed by atoms with Crippen molar-refractivity contribution < 1.29 is 4.79 Å². The number of amides is 1. The van der Waals surface area contributed by atoms with Gasteiger partial charge < -0.3 is 10.6 Å². The van der Waals surface area contributed by atoms with E-state index in [4.69, 9.17) is 0 Å². The average Bonchev–Trinajstić information content (AvgIpc) is 3.24. The van der Waals surface area contributed by atoms with E-state index in [9.17, 15) is 4.79 Å². The third kappa shape index (κ3) is 2.37. The van der Waals surface area contributed by atoms with Gasteiger partial charge in [-0.2, -0.15) is 5.10 Å². The van der Waals surface area contributed by atoms with Crippen molar-refractivity contribution in [3.63, 3.8) is 0 Å². The minimum Gasteiger partial charge on any atom is -0.325 e. The zero-order valence-electron chi connectivity index (χ0n) is 13.6. The molecule has 4 rings (SSSR count). The molecule has 5 heteroatoms. The molecule has 1 fully saturated rings. The minimum atomic E-state index is -0.511. The lowest BCUT2D eigenvalue weighted by Crippen LogP contribution is -2.42. The molecule has 24 heavy (non-hydrogen) atoms. The van der Waals surface area contributed by atoms with Crippen LogP contribution in [-0.4, -0.2) is 28.8 Å². The van der Waals surface area contributed by atoms with Crippen molar-refractivity contribution in [2.45, 2.75) is 11.8 Å². The second kappa shape index (κ2) is 5.76. The van der Waals surface area contributed by atoms with E-state index in [0.29, 0.717) is 6.54 Å². The van der Waals surface area contributed by atoms with E-state index in [2.05, 4.69) is 15.7 Å². The Morgan fingerprint density at radius 1 is 1.25 bits per heavy atom. The standard InChI is InChI=1S/C19H20N4O/c1-23-17-11-16(8-7-14(17)12-21-23)22-18(24)19(9-10-20-13-19)15-5-3-2-4-6-15/h2-8,11-12,20H,9-10,13H2,1H3,(H,22,24). The minimum absolute atomic E-state index is 0.0419. The fourth-order valence-corrected chi connectivity index (χ4v) is 3.49. The number of fused-ring (bicyclic) bond motifs is 1. The van der Waals surface area contributed by atoms with E-state index >= 15 is 0 Å². The Morgan fingerprint density at radius 2 is 2.08 bits per heavy atom. The van der Waals surface area contributed by atoms with Crippen LogP contribution in [-0.2, 0) is 17.3 Å². The molecule has 5 nitrogen and oxygen atoms in total. The van der Waals surface area contributed by atoms with Crippen LogP contribution in [0.4, 0.5) is 5.69 Å². The van der Waals surface area contributed by atoms with Crippen LogP contribution in [0.25, 0.3) is 10.9 Å². The molecule has 0 bridgehead atoms. The Kier molecular flexibility index (Phi) is 3.58. The lowest BCUT2D eigenvalue weighted by Gasteiger charge is -2.27. The molecule has 0 aliphatic carbocycles. The maximum Gasteiger partial charge on any atom is 0.236 e. The second-order valence-corrected chi connectivity index (χ2v) is 6.37. The molecule has 122 valence electrons. The van der Waals surface area contributed by atoms with Gasteiger partial charge in [-0.05, 0) is 36.7 Å².